The van der Waals surface area contributed by atoms with Gasteiger partial charge in [0.2, 0.25) is 0 Å². The summed E-state index contributed by atoms with van der Waals surface area (Å²) in [6.07, 6.45) is 0.925. The molecule has 1 aromatic rings. The van der Waals surface area contributed by atoms with E-state index in [1.165, 1.54) is 0 Å². The smallest absolute Gasteiger partial charge is 0.325 e. The van der Waals surface area contributed by atoms with Gasteiger partial charge in [-0.25, -0.2) is 0 Å². The lowest BCUT2D eigenvalue weighted by Gasteiger charge is -2.17. The molecule has 1 atom stereocenters. The highest BCUT2D eigenvalue weighted by atomic mass is 16.4. The molecule has 3 heteroatoms. The van der Waals surface area contributed by atoms with Crippen molar-refractivity contribution >= 4 is 5.97 Å². The van der Waals surface area contributed by atoms with E-state index >= 15 is 0 Å². The normalized spacial score (nSPS) is 12.4. The largest absolute Gasteiger partial charge is 0.480 e. The summed E-state index contributed by atoms with van der Waals surface area (Å²) in [5, 5.41) is 12.2. The summed E-state index contributed by atoms with van der Waals surface area (Å²) in [7, 11) is 0. The maximum atomic E-state index is 11.2. The molecule has 0 aliphatic heterocycles. The highest BCUT2D eigenvalue weighted by Crippen LogP contribution is 2.19. The minimum Gasteiger partial charge on any atom is -0.480 e. The molecule has 0 radical (unpaired) electrons. The van der Waals surface area contributed by atoms with Crippen molar-refractivity contribution in [2.24, 2.45) is 0 Å². The van der Waals surface area contributed by atoms with Crippen LogP contribution in [0.5, 0.6) is 0 Å². The lowest BCUT2D eigenvalue weighted by atomic mass is 9.99. The van der Waals surface area contributed by atoms with E-state index in [2.05, 4.69) is 5.32 Å². The zero-order valence-electron chi connectivity index (χ0n) is 10.1. The van der Waals surface area contributed by atoms with Gasteiger partial charge < -0.3 is 10.4 Å². The zero-order chi connectivity index (χ0) is 12.1. The van der Waals surface area contributed by atoms with Crippen LogP contribution in [-0.2, 0) is 4.79 Å². The third-order valence-electron chi connectivity index (χ3n) is 2.58. The van der Waals surface area contributed by atoms with E-state index in [-0.39, 0.29) is 0 Å². The predicted octanol–water partition coefficient (Wildman–Crippen LogP) is 2.43. The molecular weight excluding hydrogens is 202 g/mol. The second-order valence-electron chi connectivity index (χ2n) is 4.09. The summed E-state index contributed by atoms with van der Waals surface area (Å²) in [6.45, 7) is 6.69. The number of nitrogens with one attached hydrogen (secondary N) is 1. The van der Waals surface area contributed by atoms with Gasteiger partial charge in [-0.2, -0.15) is 0 Å². The molecule has 1 rings (SSSR count). The highest BCUT2D eigenvalue weighted by Gasteiger charge is 2.20. The Morgan fingerprint density at radius 1 is 1.44 bits per heavy atom. The van der Waals surface area contributed by atoms with Crippen LogP contribution in [0.15, 0.2) is 18.2 Å². The van der Waals surface area contributed by atoms with E-state index in [1.807, 2.05) is 39.0 Å². The second kappa shape index (κ2) is 5.66. The van der Waals surface area contributed by atoms with Crippen LogP contribution in [-0.4, -0.2) is 17.6 Å². The third kappa shape index (κ3) is 3.07. The fraction of sp³-hybridized carbons (Fsp3) is 0.462. The van der Waals surface area contributed by atoms with E-state index in [1.54, 1.807) is 0 Å². The van der Waals surface area contributed by atoms with Crippen LogP contribution in [0.3, 0.4) is 0 Å². The fourth-order valence-electron chi connectivity index (χ4n) is 1.77. The molecule has 0 saturated heterocycles. The first-order valence-electron chi connectivity index (χ1n) is 5.59. The summed E-state index contributed by atoms with van der Waals surface area (Å²) < 4.78 is 0. The van der Waals surface area contributed by atoms with Gasteiger partial charge in [-0.15, -0.1) is 0 Å². The number of carboxylic acids is 1. The van der Waals surface area contributed by atoms with Crippen molar-refractivity contribution in [1.82, 2.24) is 5.32 Å². The topological polar surface area (TPSA) is 49.3 Å². The highest BCUT2D eigenvalue weighted by molar-refractivity contribution is 5.76. The lowest BCUT2D eigenvalue weighted by Crippen LogP contribution is -2.29. The number of benzene rings is 1. The Morgan fingerprint density at radius 2 is 2.12 bits per heavy atom. The average molecular weight is 221 g/mol. The average Bonchev–Trinajstić information content (AvgIpc) is 2.20. The molecule has 0 heterocycles. The summed E-state index contributed by atoms with van der Waals surface area (Å²) in [5.74, 6) is -0.819. The van der Waals surface area contributed by atoms with Gasteiger partial charge >= 0.3 is 5.97 Å². The predicted molar refractivity (Wildman–Crippen MR) is 64.6 cm³/mol. The van der Waals surface area contributed by atoms with Gasteiger partial charge in [-0.05, 0) is 37.9 Å². The minimum absolute atomic E-state index is 0.597. The molecule has 0 aliphatic carbocycles. The Kier molecular flexibility index (Phi) is 4.50. The van der Waals surface area contributed by atoms with Crippen molar-refractivity contribution < 1.29 is 9.90 Å². The summed E-state index contributed by atoms with van der Waals surface area (Å²) >= 11 is 0. The van der Waals surface area contributed by atoms with Crippen LogP contribution in [0.4, 0.5) is 0 Å². The van der Waals surface area contributed by atoms with Gasteiger partial charge in [0.15, 0.2) is 0 Å². The molecule has 3 nitrogen and oxygen atoms in total. The van der Waals surface area contributed by atoms with E-state index in [4.69, 9.17) is 0 Å². The van der Waals surface area contributed by atoms with Gasteiger partial charge in [0, 0.05) is 0 Å². The zero-order valence-corrected chi connectivity index (χ0v) is 10.1. The van der Waals surface area contributed by atoms with Gasteiger partial charge in [0.1, 0.15) is 6.04 Å². The molecule has 0 fully saturated rings. The SMILES string of the molecule is CCCNC(C(=O)O)c1ccc(C)cc1C. The molecule has 0 spiro atoms. The van der Waals surface area contributed by atoms with Crippen molar-refractivity contribution in [3.05, 3.63) is 34.9 Å². The molecule has 16 heavy (non-hydrogen) atoms. The molecule has 0 amide bonds. The van der Waals surface area contributed by atoms with Crippen molar-refractivity contribution in [2.45, 2.75) is 33.2 Å². The second-order valence-corrected chi connectivity index (χ2v) is 4.09. The number of hydrogen-bond donors (Lipinski definition) is 2. The van der Waals surface area contributed by atoms with E-state index in [9.17, 15) is 9.90 Å². The van der Waals surface area contributed by atoms with E-state index < -0.39 is 12.0 Å². The maximum absolute atomic E-state index is 11.2. The Balaban J connectivity index is 2.96. The minimum atomic E-state index is -0.819. The summed E-state index contributed by atoms with van der Waals surface area (Å²) in [6, 6.07) is 5.26. The molecule has 88 valence electrons. The van der Waals surface area contributed by atoms with Crippen LogP contribution < -0.4 is 5.32 Å². The summed E-state index contributed by atoms with van der Waals surface area (Å²) in [5.41, 5.74) is 3.03. The van der Waals surface area contributed by atoms with Gasteiger partial charge in [0.05, 0.1) is 0 Å². The van der Waals surface area contributed by atoms with Crippen LogP contribution in [0.1, 0.15) is 36.1 Å². The number of aryl methyl sites for hydroxylation is 2. The van der Waals surface area contributed by atoms with Crippen molar-refractivity contribution in [3.63, 3.8) is 0 Å². The Bertz CT molecular complexity index is 374. The molecule has 1 aromatic carbocycles. The quantitative estimate of drug-likeness (QED) is 0.802. The van der Waals surface area contributed by atoms with Crippen LogP contribution >= 0.6 is 0 Å². The molecule has 0 bridgehead atoms. The molecule has 1 unspecified atom stereocenters. The molecule has 2 N–H and O–H groups in total. The van der Waals surface area contributed by atoms with Gasteiger partial charge in [-0.3, -0.25) is 4.79 Å². The molecule has 0 aromatic heterocycles. The first-order chi connectivity index (χ1) is 7.56. The van der Waals surface area contributed by atoms with E-state index in [0.29, 0.717) is 6.54 Å². The number of carbonyl (C=O) groups is 1. The Hall–Kier alpha value is -1.35. The third-order valence-corrected chi connectivity index (χ3v) is 2.58. The monoisotopic (exact) mass is 221 g/mol. The van der Waals surface area contributed by atoms with Crippen LogP contribution in [0.2, 0.25) is 0 Å². The van der Waals surface area contributed by atoms with Crippen molar-refractivity contribution in [3.8, 4) is 0 Å². The van der Waals surface area contributed by atoms with Crippen LogP contribution in [0.25, 0.3) is 0 Å². The van der Waals surface area contributed by atoms with Crippen LogP contribution in [0, 0.1) is 13.8 Å². The van der Waals surface area contributed by atoms with E-state index in [0.717, 1.165) is 23.1 Å². The number of hydrogen-bond acceptors (Lipinski definition) is 2. The number of rotatable bonds is 5. The molecule has 0 saturated carbocycles. The number of carboxylic acid groups (broad SMARTS) is 1. The molecule has 0 aliphatic rings. The first-order valence-corrected chi connectivity index (χ1v) is 5.59. The van der Waals surface area contributed by atoms with Gasteiger partial charge in [-0.1, -0.05) is 30.7 Å². The standard InChI is InChI=1S/C13H19NO2/c1-4-7-14-12(13(15)16)11-6-5-9(2)8-10(11)3/h5-6,8,12,14H,4,7H2,1-3H3,(H,15,16). The fourth-order valence-corrected chi connectivity index (χ4v) is 1.77. The van der Waals surface area contributed by atoms with Crippen molar-refractivity contribution in [1.29, 1.82) is 0 Å². The first kappa shape index (κ1) is 12.7. The Labute approximate surface area is 96.5 Å². The number of aliphatic carboxylic acids is 1. The lowest BCUT2D eigenvalue weighted by molar-refractivity contribution is -0.139. The maximum Gasteiger partial charge on any atom is 0.325 e. The van der Waals surface area contributed by atoms with Crippen molar-refractivity contribution in [2.75, 3.05) is 6.54 Å². The summed E-state index contributed by atoms with van der Waals surface area (Å²) in [4.78, 5) is 11.2. The molecular formula is C13H19NO2. The Morgan fingerprint density at radius 3 is 2.62 bits per heavy atom. The van der Waals surface area contributed by atoms with Gasteiger partial charge in [0.25, 0.3) is 0 Å².